The van der Waals surface area contributed by atoms with Crippen LogP contribution in [0.1, 0.15) is 53.4 Å². The van der Waals surface area contributed by atoms with Crippen molar-refractivity contribution in [3.8, 4) is 12.3 Å². The zero-order valence-electron chi connectivity index (χ0n) is 16.8. The molecule has 0 bridgehead atoms. The number of rotatable bonds is 7. The summed E-state index contributed by atoms with van der Waals surface area (Å²) in [6.45, 7) is 8.95. The second kappa shape index (κ2) is 10.1. The van der Waals surface area contributed by atoms with Crippen molar-refractivity contribution in [2.24, 2.45) is 0 Å². The van der Waals surface area contributed by atoms with Gasteiger partial charge in [0.2, 0.25) is 0 Å². The monoisotopic (exact) mass is 380 g/mol. The molecule has 0 aromatic rings. The van der Waals surface area contributed by atoms with Crippen LogP contribution in [0.15, 0.2) is 12.2 Å². The Morgan fingerprint density at radius 3 is 2.35 bits per heavy atom. The third-order valence-electron chi connectivity index (χ3n) is 6.16. The number of ether oxygens (including phenoxy) is 2. The molecule has 0 amide bonds. The molecule has 5 heteroatoms. The highest BCUT2D eigenvalue weighted by molar-refractivity contribution is 6.73. The number of fused-ring (bicyclic) bond motifs is 1. The Balaban J connectivity index is 2.15. The van der Waals surface area contributed by atoms with Gasteiger partial charge in [-0.15, -0.1) is 6.42 Å². The molecule has 4 nitrogen and oxygen atoms in total. The predicted octanol–water partition coefficient (Wildman–Crippen LogP) is 4.04. The van der Waals surface area contributed by atoms with Gasteiger partial charge in [-0.25, -0.2) is 0 Å². The maximum Gasteiger partial charge on any atom is 0.192 e. The van der Waals surface area contributed by atoms with Crippen LogP contribution in [-0.2, 0) is 13.9 Å². The van der Waals surface area contributed by atoms with Gasteiger partial charge in [-0.3, -0.25) is 0 Å². The summed E-state index contributed by atoms with van der Waals surface area (Å²) in [6, 6.07) is 3.42. The van der Waals surface area contributed by atoms with Crippen molar-refractivity contribution in [3.05, 3.63) is 12.2 Å². The molecule has 1 N–H and O–H groups in total. The van der Waals surface area contributed by atoms with E-state index in [9.17, 15) is 5.11 Å². The van der Waals surface area contributed by atoms with Crippen molar-refractivity contribution in [1.29, 1.82) is 0 Å². The molecule has 1 fully saturated rings. The fourth-order valence-electron chi connectivity index (χ4n) is 4.14. The largest absolute Gasteiger partial charge is 0.411 e. The molecule has 0 saturated carbocycles. The summed E-state index contributed by atoms with van der Waals surface area (Å²) in [5.41, 5.74) is 0. The summed E-state index contributed by atoms with van der Waals surface area (Å²) in [5.74, 6) is 2.39. The summed E-state index contributed by atoms with van der Waals surface area (Å²) < 4.78 is 19.3. The first-order valence-corrected chi connectivity index (χ1v) is 12.8. The second-order valence-corrected chi connectivity index (χ2v) is 12.2. The van der Waals surface area contributed by atoms with Crippen molar-refractivity contribution < 1.29 is 19.0 Å². The van der Waals surface area contributed by atoms with Crippen molar-refractivity contribution in [2.75, 3.05) is 0 Å². The minimum Gasteiger partial charge on any atom is -0.411 e. The average molecular weight is 381 g/mol. The van der Waals surface area contributed by atoms with Gasteiger partial charge in [-0.2, -0.15) is 0 Å². The SMILES string of the molecule is C#C[C@@H](O)[C@H]1C[C@@H]2O[C@H](CC)[C@@H](O[Si](CC)(CC)CC)C/C=C\C[C@@H]2O1. The van der Waals surface area contributed by atoms with E-state index in [2.05, 4.69) is 45.8 Å². The third kappa shape index (κ3) is 4.99. The summed E-state index contributed by atoms with van der Waals surface area (Å²) >= 11 is 0. The highest BCUT2D eigenvalue weighted by atomic mass is 28.4. The Morgan fingerprint density at radius 1 is 1.12 bits per heavy atom. The van der Waals surface area contributed by atoms with Gasteiger partial charge in [0.1, 0.15) is 6.10 Å². The van der Waals surface area contributed by atoms with Gasteiger partial charge in [-0.1, -0.05) is 45.8 Å². The van der Waals surface area contributed by atoms with E-state index in [4.69, 9.17) is 20.3 Å². The molecule has 0 spiro atoms. The van der Waals surface area contributed by atoms with Crippen LogP contribution in [0, 0.1) is 12.3 Å². The number of hydrogen-bond donors (Lipinski definition) is 1. The smallest absolute Gasteiger partial charge is 0.192 e. The molecule has 0 unspecified atom stereocenters. The summed E-state index contributed by atoms with van der Waals surface area (Å²) in [4.78, 5) is 0. The fraction of sp³-hybridized carbons (Fsp3) is 0.810. The maximum atomic E-state index is 9.97. The fourth-order valence-corrected chi connectivity index (χ4v) is 7.03. The van der Waals surface area contributed by atoms with Gasteiger partial charge in [-0.05, 0) is 37.4 Å². The van der Waals surface area contributed by atoms with Crippen molar-refractivity contribution in [2.45, 2.75) is 108 Å². The minimum atomic E-state index is -1.70. The normalized spacial score (nSPS) is 34.8. The highest BCUT2D eigenvalue weighted by Crippen LogP contribution is 2.33. The molecular formula is C21H36O4Si. The molecule has 6 atom stereocenters. The van der Waals surface area contributed by atoms with E-state index in [1.54, 1.807) is 0 Å². The van der Waals surface area contributed by atoms with E-state index < -0.39 is 14.4 Å². The summed E-state index contributed by atoms with van der Waals surface area (Å²) in [5, 5.41) is 9.97. The van der Waals surface area contributed by atoms with E-state index in [1.807, 2.05) is 0 Å². The van der Waals surface area contributed by atoms with Gasteiger partial charge in [0.25, 0.3) is 0 Å². The molecule has 2 aliphatic rings. The Kier molecular flexibility index (Phi) is 8.37. The molecule has 0 radical (unpaired) electrons. The first kappa shape index (κ1) is 21.7. The van der Waals surface area contributed by atoms with E-state index in [-0.39, 0.29) is 30.5 Å². The van der Waals surface area contributed by atoms with Gasteiger partial charge >= 0.3 is 0 Å². The van der Waals surface area contributed by atoms with Gasteiger partial charge in [0, 0.05) is 6.42 Å². The Labute approximate surface area is 160 Å². The lowest BCUT2D eigenvalue weighted by Gasteiger charge is -2.37. The molecule has 1 saturated heterocycles. The molecule has 2 heterocycles. The van der Waals surface area contributed by atoms with Gasteiger partial charge < -0.3 is 19.0 Å². The topological polar surface area (TPSA) is 47.9 Å². The minimum absolute atomic E-state index is 0.0391. The zero-order valence-corrected chi connectivity index (χ0v) is 17.8. The van der Waals surface area contributed by atoms with Crippen molar-refractivity contribution >= 4 is 8.32 Å². The molecule has 2 rings (SSSR count). The van der Waals surface area contributed by atoms with Crippen LogP contribution in [-0.4, -0.2) is 50.0 Å². The quantitative estimate of drug-likeness (QED) is 0.411. The second-order valence-electron chi connectivity index (χ2n) is 7.52. The van der Waals surface area contributed by atoms with E-state index in [1.165, 1.54) is 0 Å². The molecular weight excluding hydrogens is 344 g/mol. The molecule has 0 aliphatic carbocycles. The number of aliphatic hydroxyl groups is 1. The number of terminal acetylenes is 1. The van der Waals surface area contributed by atoms with E-state index >= 15 is 0 Å². The van der Waals surface area contributed by atoms with Crippen LogP contribution in [0.2, 0.25) is 18.1 Å². The highest BCUT2D eigenvalue weighted by Gasteiger charge is 2.42. The first-order valence-electron chi connectivity index (χ1n) is 10.3. The first-order chi connectivity index (χ1) is 12.5. The van der Waals surface area contributed by atoms with Crippen LogP contribution >= 0.6 is 0 Å². The molecule has 0 aromatic heterocycles. The standard InChI is InChI=1S/C21H36O4Si/c1-6-16(22)20-15-21-18(24-20)13-11-12-14-19(17(7-2)23-21)25-26(8-3,9-4)10-5/h1,11-12,16-22H,7-10,13-15H2,2-5H3/b12-11-/t16-,17-,18+,19+,20-,21+/m1/s1. The van der Waals surface area contributed by atoms with Gasteiger partial charge in [0.05, 0.1) is 30.5 Å². The third-order valence-corrected chi connectivity index (χ3v) is 10.8. The van der Waals surface area contributed by atoms with E-state index in [0.29, 0.717) is 6.42 Å². The van der Waals surface area contributed by atoms with Crippen LogP contribution in [0.25, 0.3) is 0 Å². The Bertz CT molecular complexity index is 488. The predicted molar refractivity (Wildman–Crippen MR) is 108 cm³/mol. The van der Waals surface area contributed by atoms with Crippen LogP contribution in [0.5, 0.6) is 0 Å². The van der Waals surface area contributed by atoms with Crippen LogP contribution in [0.3, 0.4) is 0 Å². The summed E-state index contributed by atoms with van der Waals surface area (Å²) in [7, 11) is -1.70. The molecule has 26 heavy (non-hydrogen) atoms. The molecule has 148 valence electrons. The zero-order chi connectivity index (χ0) is 19.2. The lowest BCUT2D eigenvalue weighted by atomic mass is 10.1. The summed E-state index contributed by atoms with van der Waals surface area (Å²) in [6.07, 6.45) is 11.8. The molecule has 2 aliphatic heterocycles. The van der Waals surface area contributed by atoms with E-state index in [0.717, 1.165) is 37.4 Å². The Morgan fingerprint density at radius 2 is 1.77 bits per heavy atom. The lowest BCUT2D eigenvalue weighted by molar-refractivity contribution is -0.0951. The maximum absolute atomic E-state index is 9.97. The number of aliphatic hydroxyl groups excluding tert-OH is 1. The van der Waals surface area contributed by atoms with Crippen molar-refractivity contribution in [3.63, 3.8) is 0 Å². The average Bonchev–Trinajstić information content (AvgIpc) is 3.10. The van der Waals surface area contributed by atoms with Crippen LogP contribution in [0.4, 0.5) is 0 Å². The van der Waals surface area contributed by atoms with Crippen molar-refractivity contribution in [1.82, 2.24) is 0 Å². The lowest BCUT2D eigenvalue weighted by Crippen LogP contribution is -2.46. The van der Waals surface area contributed by atoms with Crippen LogP contribution < -0.4 is 0 Å². The van der Waals surface area contributed by atoms with Gasteiger partial charge in [0.15, 0.2) is 8.32 Å². The Hall–Kier alpha value is -0.643. The number of hydrogen-bond acceptors (Lipinski definition) is 4. The molecule has 0 aromatic carbocycles.